The van der Waals surface area contributed by atoms with Gasteiger partial charge in [0.25, 0.3) is 0 Å². The van der Waals surface area contributed by atoms with Gasteiger partial charge in [0.1, 0.15) is 10.4 Å². The van der Waals surface area contributed by atoms with Gasteiger partial charge in [0.2, 0.25) is 15.9 Å². The van der Waals surface area contributed by atoms with E-state index in [0.717, 1.165) is 12.8 Å². The number of sulfonamides is 1. The normalized spacial score (nSPS) is 15.9. The molecule has 0 aliphatic carbocycles. The number of carbonyl (C=O) groups is 1. The van der Waals surface area contributed by atoms with Crippen molar-refractivity contribution in [2.75, 3.05) is 27.9 Å². The van der Waals surface area contributed by atoms with Gasteiger partial charge in [0.15, 0.2) is 0 Å². The minimum atomic E-state index is -3.43. The zero-order valence-corrected chi connectivity index (χ0v) is 14.0. The van der Waals surface area contributed by atoms with E-state index in [2.05, 4.69) is 20.7 Å². The van der Waals surface area contributed by atoms with Gasteiger partial charge in [-0.2, -0.15) is 0 Å². The number of nitrogens with one attached hydrogen (secondary N) is 1. The molecule has 116 valence electrons. The van der Waals surface area contributed by atoms with Crippen LogP contribution in [0.2, 0.25) is 0 Å². The van der Waals surface area contributed by atoms with Crippen molar-refractivity contribution in [1.82, 2.24) is 0 Å². The number of ether oxygens (including phenoxy) is 1. The summed E-state index contributed by atoms with van der Waals surface area (Å²) in [5.74, 6) is 0.576. The van der Waals surface area contributed by atoms with Gasteiger partial charge in [-0.1, -0.05) is 15.9 Å². The highest BCUT2D eigenvalue weighted by Gasteiger charge is 2.23. The molecule has 1 aliphatic rings. The molecule has 1 amide bonds. The molecule has 1 heterocycles. The lowest BCUT2D eigenvalue weighted by molar-refractivity contribution is -0.119. The van der Waals surface area contributed by atoms with Crippen LogP contribution in [0.15, 0.2) is 18.2 Å². The first-order chi connectivity index (χ1) is 9.96. The molecule has 0 atom stereocenters. The Bertz CT molecular complexity index is 633. The topological polar surface area (TPSA) is 75.7 Å². The molecule has 0 unspecified atom stereocenters. The molecule has 1 aromatic rings. The molecule has 0 radical (unpaired) electrons. The fourth-order valence-corrected chi connectivity index (χ4v) is 3.12. The van der Waals surface area contributed by atoms with E-state index in [-0.39, 0.29) is 10.6 Å². The third-order valence-electron chi connectivity index (χ3n) is 3.21. The lowest BCUT2D eigenvalue weighted by atomic mass is 10.1. The van der Waals surface area contributed by atoms with Crippen LogP contribution in [0, 0.1) is 0 Å². The van der Waals surface area contributed by atoms with Gasteiger partial charge >= 0.3 is 0 Å². The van der Waals surface area contributed by atoms with Crippen LogP contribution in [-0.4, -0.2) is 32.6 Å². The summed E-state index contributed by atoms with van der Waals surface area (Å²) < 4.78 is 30.7. The lowest BCUT2D eigenvalue weighted by Gasteiger charge is -2.28. The van der Waals surface area contributed by atoms with E-state index < -0.39 is 10.0 Å². The third-order valence-corrected chi connectivity index (χ3v) is 5.85. The monoisotopic (exact) mass is 376 g/mol. The molecule has 0 spiro atoms. The highest BCUT2D eigenvalue weighted by molar-refractivity contribution is 9.10. The van der Waals surface area contributed by atoms with E-state index in [1.807, 2.05) is 0 Å². The maximum Gasteiger partial charge on any atom is 0.242 e. The molecule has 21 heavy (non-hydrogen) atoms. The third kappa shape index (κ3) is 3.88. The smallest absolute Gasteiger partial charge is 0.242 e. The van der Waals surface area contributed by atoms with E-state index in [0.29, 0.717) is 30.1 Å². The van der Waals surface area contributed by atoms with Gasteiger partial charge < -0.3 is 9.64 Å². The number of alkyl halides is 1. The Morgan fingerprint density at radius 3 is 2.76 bits per heavy atom. The summed E-state index contributed by atoms with van der Waals surface area (Å²) in [6.07, 6.45) is 2.31. The van der Waals surface area contributed by atoms with Gasteiger partial charge in [-0.05, 0) is 31.0 Å². The maximum absolute atomic E-state index is 12.0. The summed E-state index contributed by atoms with van der Waals surface area (Å²) in [6.45, 7) is 0.615. The molecule has 1 aromatic carbocycles. The van der Waals surface area contributed by atoms with Crippen LogP contribution in [0.1, 0.15) is 19.3 Å². The van der Waals surface area contributed by atoms with Crippen molar-refractivity contribution in [1.29, 1.82) is 0 Å². The molecule has 8 heteroatoms. The number of hydrogen-bond acceptors (Lipinski definition) is 4. The number of anilines is 2. The Kier molecular flexibility index (Phi) is 5.10. The summed E-state index contributed by atoms with van der Waals surface area (Å²) >= 11 is 2.92. The van der Waals surface area contributed by atoms with Crippen molar-refractivity contribution in [2.24, 2.45) is 0 Å². The van der Waals surface area contributed by atoms with E-state index in [9.17, 15) is 13.2 Å². The molecule has 6 nitrogen and oxygen atoms in total. The van der Waals surface area contributed by atoms with E-state index >= 15 is 0 Å². The van der Waals surface area contributed by atoms with Crippen molar-refractivity contribution in [3.63, 3.8) is 0 Å². The van der Waals surface area contributed by atoms with E-state index in [4.69, 9.17) is 4.74 Å². The predicted molar refractivity (Wildman–Crippen MR) is 85.5 cm³/mol. The zero-order chi connectivity index (χ0) is 15.5. The van der Waals surface area contributed by atoms with Crippen LogP contribution in [0.5, 0.6) is 5.75 Å². The fraction of sp³-hybridized carbons (Fsp3) is 0.462. The molecule has 0 saturated carbocycles. The SMILES string of the molecule is COc1ccc(NS(=O)(=O)CBr)cc1N1CCCCC1=O. The summed E-state index contributed by atoms with van der Waals surface area (Å²) in [5.41, 5.74) is 1.00. The molecule has 1 saturated heterocycles. The van der Waals surface area contributed by atoms with Crippen LogP contribution in [0.3, 0.4) is 0 Å². The Labute approximate surface area is 132 Å². The summed E-state index contributed by atoms with van der Waals surface area (Å²) in [5, 5.41) is 0. The zero-order valence-electron chi connectivity index (χ0n) is 11.6. The van der Waals surface area contributed by atoms with Crippen LogP contribution in [0.25, 0.3) is 0 Å². The van der Waals surface area contributed by atoms with Crippen LogP contribution >= 0.6 is 15.9 Å². The number of carbonyl (C=O) groups excluding carboxylic acids is 1. The van der Waals surface area contributed by atoms with Gasteiger partial charge in [0.05, 0.1) is 18.5 Å². The Morgan fingerprint density at radius 2 is 2.14 bits per heavy atom. The number of nitrogens with zero attached hydrogens (tertiary/aromatic N) is 1. The first-order valence-electron chi connectivity index (χ1n) is 6.51. The van der Waals surface area contributed by atoms with Crippen molar-refractivity contribution in [2.45, 2.75) is 19.3 Å². The van der Waals surface area contributed by atoms with Crippen LogP contribution in [-0.2, 0) is 14.8 Å². The van der Waals surface area contributed by atoms with Gasteiger partial charge in [-0.25, -0.2) is 8.42 Å². The highest BCUT2D eigenvalue weighted by atomic mass is 79.9. The number of methoxy groups -OCH3 is 1. The van der Waals surface area contributed by atoms with Crippen molar-refractivity contribution >= 4 is 43.2 Å². The Balaban J connectivity index is 2.36. The first kappa shape index (κ1) is 16.1. The minimum absolute atomic E-state index is 0.0278. The Hall–Kier alpha value is -1.28. The van der Waals surface area contributed by atoms with Gasteiger partial charge in [0, 0.05) is 13.0 Å². The average Bonchev–Trinajstić information content (AvgIpc) is 2.47. The number of hydrogen-bond donors (Lipinski definition) is 1. The average molecular weight is 377 g/mol. The minimum Gasteiger partial charge on any atom is -0.495 e. The second-order valence-corrected chi connectivity index (χ2v) is 7.74. The highest BCUT2D eigenvalue weighted by Crippen LogP contribution is 2.33. The number of halogens is 1. The van der Waals surface area contributed by atoms with Crippen molar-refractivity contribution in [3.05, 3.63) is 18.2 Å². The molecular weight excluding hydrogens is 360 g/mol. The molecule has 2 rings (SSSR count). The molecule has 1 N–H and O–H groups in total. The molecule has 0 aromatic heterocycles. The van der Waals surface area contributed by atoms with E-state index in [1.54, 1.807) is 23.1 Å². The number of rotatable bonds is 5. The summed E-state index contributed by atoms with van der Waals surface area (Å²) in [6, 6.07) is 4.89. The van der Waals surface area contributed by atoms with Crippen molar-refractivity contribution < 1.29 is 17.9 Å². The maximum atomic E-state index is 12.0. The summed E-state index contributed by atoms with van der Waals surface area (Å²) in [4.78, 5) is 13.7. The number of amides is 1. The summed E-state index contributed by atoms with van der Waals surface area (Å²) in [7, 11) is -1.91. The predicted octanol–water partition coefficient (Wildman–Crippen LogP) is 2.31. The fourth-order valence-electron chi connectivity index (χ4n) is 2.23. The number of benzene rings is 1. The quantitative estimate of drug-likeness (QED) is 0.799. The molecule has 0 bridgehead atoms. The molecule has 1 fully saturated rings. The number of piperidine rings is 1. The molecular formula is C13H17BrN2O4S. The first-order valence-corrected chi connectivity index (χ1v) is 9.29. The van der Waals surface area contributed by atoms with E-state index in [1.165, 1.54) is 7.11 Å². The Morgan fingerprint density at radius 1 is 1.38 bits per heavy atom. The van der Waals surface area contributed by atoms with Crippen LogP contribution < -0.4 is 14.4 Å². The largest absolute Gasteiger partial charge is 0.495 e. The van der Waals surface area contributed by atoms with Gasteiger partial charge in [-0.3, -0.25) is 9.52 Å². The second kappa shape index (κ2) is 6.65. The standard InChI is InChI=1S/C13H17BrN2O4S/c1-20-12-6-5-10(15-21(18,19)9-14)8-11(12)16-7-3-2-4-13(16)17/h5-6,8,15H,2-4,7,9H2,1H3. The van der Waals surface area contributed by atoms with Crippen molar-refractivity contribution in [3.8, 4) is 5.75 Å². The van der Waals surface area contributed by atoms with Gasteiger partial charge in [-0.15, -0.1) is 0 Å². The van der Waals surface area contributed by atoms with Crippen LogP contribution in [0.4, 0.5) is 11.4 Å². The lowest BCUT2D eigenvalue weighted by Crippen LogP contribution is -2.35. The second-order valence-electron chi connectivity index (χ2n) is 4.72. The molecule has 1 aliphatic heterocycles.